The van der Waals surface area contributed by atoms with Crippen LogP contribution >= 0.6 is 15.9 Å². The molecule has 0 saturated carbocycles. The number of carbonyl (C=O) groups is 3. The van der Waals surface area contributed by atoms with E-state index in [4.69, 9.17) is 0 Å². The van der Waals surface area contributed by atoms with Gasteiger partial charge in [-0.2, -0.15) is 0 Å². The van der Waals surface area contributed by atoms with Gasteiger partial charge in [0.1, 0.15) is 5.78 Å². The van der Waals surface area contributed by atoms with Crippen LogP contribution in [0.15, 0.2) is 59.1 Å². The van der Waals surface area contributed by atoms with Crippen molar-refractivity contribution in [1.29, 1.82) is 0 Å². The van der Waals surface area contributed by atoms with E-state index < -0.39 is 23.8 Å². The zero-order valence-corrected chi connectivity index (χ0v) is 18.2. The van der Waals surface area contributed by atoms with Crippen LogP contribution in [0.25, 0.3) is 0 Å². The zero-order valence-electron chi connectivity index (χ0n) is 16.6. The van der Waals surface area contributed by atoms with Gasteiger partial charge in [-0.05, 0) is 35.6 Å². The van der Waals surface area contributed by atoms with E-state index in [9.17, 15) is 19.5 Å². The summed E-state index contributed by atoms with van der Waals surface area (Å²) in [5.41, 5.74) is 1.38. The van der Waals surface area contributed by atoms with Gasteiger partial charge in [-0.25, -0.2) is 4.79 Å². The van der Waals surface area contributed by atoms with Crippen molar-refractivity contribution < 1.29 is 19.5 Å². The third kappa shape index (κ3) is 7.46. The molecular weight excluding hydrogens is 434 g/mol. The number of aliphatic carboxylic acids is 1. The first kappa shape index (κ1) is 22.8. The molecule has 0 spiro atoms. The van der Waals surface area contributed by atoms with Crippen LogP contribution < -0.4 is 5.32 Å². The van der Waals surface area contributed by atoms with Crippen molar-refractivity contribution >= 4 is 33.6 Å². The Morgan fingerprint density at radius 2 is 1.62 bits per heavy atom. The number of carboxylic acid groups (broad SMARTS) is 1. The number of Topliss-reactive ketones (excluding diaryl/α,β-unsaturated/α-hetero) is 1. The second-order valence-corrected chi connectivity index (χ2v) is 8.48. The van der Waals surface area contributed by atoms with Crippen LogP contribution in [0, 0.1) is 11.8 Å². The maximum absolute atomic E-state index is 12.9. The standard InChI is InChI=1S/C23H26BrNO4/c1-15(2)12-18(14-20(26)13-16-8-10-19(24)11-9-16)22(27)25-21(23(28)29)17-6-4-3-5-7-17/h3-11,15,18,21H,12-14H2,1-2H3,(H,25,27)(H,28,29)/t18-,21+/m1/s1. The number of hydrogen-bond donors (Lipinski definition) is 2. The van der Waals surface area contributed by atoms with Crippen molar-refractivity contribution in [2.45, 2.75) is 39.2 Å². The molecular formula is C23H26BrNO4. The van der Waals surface area contributed by atoms with E-state index in [1.807, 2.05) is 38.1 Å². The summed E-state index contributed by atoms with van der Waals surface area (Å²) in [4.78, 5) is 37.1. The molecule has 2 rings (SSSR count). The van der Waals surface area contributed by atoms with E-state index in [0.29, 0.717) is 12.0 Å². The van der Waals surface area contributed by atoms with Gasteiger partial charge in [0.25, 0.3) is 0 Å². The number of hydrogen-bond acceptors (Lipinski definition) is 3. The lowest BCUT2D eigenvalue weighted by Gasteiger charge is -2.21. The highest BCUT2D eigenvalue weighted by Crippen LogP contribution is 2.21. The van der Waals surface area contributed by atoms with Crippen LogP contribution in [0.5, 0.6) is 0 Å². The molecule has 2 aromatic rings. The average Bonchev–Trinajstić information content (AvgIpc) is 2.67. The van der Waals surface area contributed by atoms with E-state index in [1.54, 1.807) is 30.3 Å². The minimum atomic E-state index is -1.14. The van der Waals surface area contributed by atoms with E-state index in [0.717, 1.165) is 10.0 Å². The molecule has 6 heteroatoms. The Morgan fingerprint density at radius 1 is 1.00 bits per heavy atom. The van der Waals surface area contributed by atoms with Crippen LogP contribution in [0.2, 0.25) is 0 Å². The van der Waals surface area contributed by atoms with Crippen molar-refractivity contribution in [3.8, 4) is 0 Å². The lowest BCUT2D eigenvalue weighted by molar-refractivity contribution is -0.143. The molecule has 0 unspecified atom stereocenters. The quantitative estimate of drug-likeness (QED) is 0.545. The molecule has 0 saturated heterocycles. The molecule has 1 amide bonds. The average molecular weight is 460 g/mol. The highest BCUT2D eigenvalue weighted by molar-refractivity contribution is 9.10. The number of carbonyl (C=O) groups excluding carboxylic acids is 2. The highest BCUT2D eigenvalue weighted by atomic mass is 79.9. The molecule has 154 valence electrons. The summed E-state index contributed by atoms with van der Waals surface area (Å²) in [6.07, 6.45) is 0.844. The molecule has 0 aliphatic rings. The van der Waals surface area contributed by atoms with Gasteiger partial charge in [-0.3, -0.25) is 9.59 Å². The monoisotopic (exact) mass is 459 g/mol. The fourth-order valence-corrected chi connectivity index (χ4v) is 3.49. The summed E-state index contributed by atoms with van der Waals surface area (Å²) in [5.74, 6) is -1.94. The molecule has 0 aliphatic heterocycles. The Bertz CT molecular complexity index is 834. The Hall–Kier alpha value is -2.47. The molecule has 2 atom stereocenters. The molecule has 0 aliphatic carbocycles. The molecule has 5 nitrogen and oxygen atoms in total. The molecule has 29 heavy (non-hydrogen) atoms. The van der Waals surface area contributed by atoms with Crippen LogP contribution in [-0.2, 0) is 20.8 Å². The number of ketones is 1. The van der Waals surface area contributed by atoms with Crippen LogP contribution in [0.3, 0.4) is 0 Å². The third-order valence-corrected chi connectivity index (χ3v) is 5.11. The number of halogens is 1. The van der Waals surface area contributed by atoms with Gasteiger partial charge in [-0.15, -0.1) is 0 Å². The van der Waals surface area contributed by atoms with Crippen LogP contribution in [-0.4, -0.2) is 22.8 Å². The Kier molecular flexibility index (Phi) is 8.58. The predicted molar refractivity (Wildman–Crippen MR) is 115 cm³/mol. The molecule has 0 radical (unpaired) electrons. The van der Waals surface area contributed by atoms with Crippen molar-refractivity contribution in [1.82, 2.24) is 5.32 Å². The summed E-state index contributed by atoms with van der Waals surface area (Å²) >= 11 is 3.37. The number of carboxylic acids is 1. The van der Waals surface area contributed by atoms with Gasteiger partial charge in [0.15, 0.2) is 6.04 Å². The summed E-state index contributed by atoms with van der Waals surface area (Å²) in [7, 11) is 0. The smallest absolute Gasteiger partial charge is 0.330 e. The maximum atomic E-state index is 12.9. The van der Waals surface area contributed by atoms with E-state index >= 15 is 0 Å². The largest absolute Gasteiger partial charge is 0.479 e. The third-order valence-electron chi connectivity index (χ3n) is 4.58. The summed E-state index contributed by atoms with van der Waals surface area (Å²) < 4.78 is 0.936. The van der Waals surface area contributed by atoms with Crippen molar-refractivity contribution in [2.75, 3.05) is 0 Å². The number of nitrogens with one attached hydrogen (secondary N) is 1. The predicted octanol–water partition coefficient (Wildman–Crippen LogP) is 4.56. The van der Waals surface area contributed by atoms with Gasteiger partial charge in [-0.1, -0.05) is 72.2 Å². The summed E-state index contributed by atoms with van der Waals surface area (Å²) in [6, 6.07) is 14.9. The first-order chi connectivity index (χ1) is 13.8. The van der Waals surface area contributed by atoms with E-state index in [-0.39, 0.29) is 24.5 Å². The van der Waals surface area contributed by atoms with E-state index in [1.165, 1.54) is 0 Å². The minimum Gasteiger partial charge on any atom is -0.479 e. The summed E-state index contributed by atoms with van der Waals surface area (Å²) in [5, 5.41) is 12.2. The molecule has 0 bridgehead atoms. The van der Waals surface area contributed by atoms with E-state index in [2.05, 4.69) is 21.2 Å². The first-order valence-electron chi connectivity index (χ1n) is 9.60. The highest BCUT2D eigenvalue weighted by Gasteiger charge is 2.28. The molecule has 0 heterocycles. The number of amides is 1. The molecule has 0 fully saturated rings. The number of benzene rings is 2. The SMILES string of the molecule is CC(C)C[C@H](CC(=O)Cc1ccc(Br)cc1)C(=O)N[C@H](C(=O)O)c1ccccc1. The van der Waals surface area contributed by atoms with Crippen LogP contribution in [0.4, 0.5) is 0 Å². The van der Waals surface area contributed by atoms with Gasteiger partial charge < -0.3 is 10.4 Å². The Labute approximate surface area is 179 Å². The Morgan fingerprint density at radius 3 is 2.17 bits per heavy atom. The topological polar surface area (TPSA) is 83.5 Å². The van der Waals surface area contributed by atoms with Gasteiger partial charge in [0.05, 0.1) is 0 Å². The molecule has 0 aromatic heterocycles. The fraction of sp³-hybridized carbons (Fsp3) is 0.348. The molecule has 2 aromatic carbocycles. The van der Waals surface area contributed by atoms with Crippen molar-refractivity contribution in [3.63, 3.8) is 0 Å². The Balaban J connectivity index is 2.09. The minimum absolute atomic E-state index is 0.0419. The van der Waals surface area contributed by atoms with Gasteiger partial charge in [0, 0.05) is 23.2 Å². The summed E-state index contributed by atoms with van der Waals surface area (Å²) in [6.45, 7) is 3.96. The zero-order chi connectivity index (χ0) is 21.4. The second kappa shape index (κ2) is 10.9. The first-order valence-corrected chi connectivity index (χ1v) is 10.4. The van der Waals surface area contributed by atoms with Crippen LogP contribution in [0.1, 0.15) is 43.9 Å². The number of rotatable bonds is 10. The normalized spacial score (nSPS) is 13.0. The van der Waals surface area contributed by atoms with Gasteiger partial charge >= 0.3 is 5.97 Å². The lowest BCUT2D eigenvalue weighted by atomic mass is 9.89. The lowest BCUT2D eigenvalue weighted by Crippen LogP contribution is -2.39. The van der Waals surface area contributed by atoms with Gasteiger partial charge in [0.2, 0.25) is 5.91 Å². The van der Waals surface area contributed by atoms with Crippen molar-refractivity contribution in [2.24, 2.45) is 11.8 Å². The van der Waals surface area contributed by atoms with Crippen molar-refractivity contribution in [3.05, 3.63) is 70.2 Å². The molecule has 2 N–H and O–H groups in total. The maximum Gasteiger partial charge on any atom is 0.330 e. The second-order valence-electron chi connectivity index (χ2n) is 7.56. The fourth-order valence-electron chi connectivity index (χ4n) is 3.22.